The second kappa shape index (κ2) is 14.8. The number of quaternary nitrogens is 1. The Morgan fingerprint density at radius 1 is 1.14 bits per heavy atom. The van der Waals surface area contributed by atoms with E-state index in [1.807, 2.05) is 19.3 Å². The normalized spacial score (nSPS) is 26.8. The molecule has 1 saturated heterocycles. The van der Waals surface area contributed by atoms with E-state index in [0.29, 0.717) is 79.0 Å². The summed E-state index contributed by atoms with van der Waals surface area (Å²) >= 11 is 0. The number of carbonyl (C=O) groups is 1. The lowest BCUT2D eigenvalue weighted by molar-refractivity contribution is -0.759. The highest BCUT2D eigenvalue weighted by Crippen LogP contribution is 2.46. The largest absolute Gasteiger partial charge is 0.478 e. The van der Waals surface area contributed by atoms with Crippen molar-refractivity contribution in [2.45, 2.75) is 75.1 Å². The molecule has 49 heavy (non-hydrogen) atoms. The van der Waals surface area contributed by atoms with Crippen LogP contribution < -0.4 is 25.7 Å². The number of rotatable bonds is 15. The number of ether oxygens (including phenoxy) is 1. The van der Waals surface area contributed by atoms with Crippen molar-refractivity contribution >= 4 is 28.3 Å². The Labute approximate surface area is 282 Å². The fourth-order valence-electron chi connectivity index (χ4n) is 7.07. The smallest absolute Gasteiger partial charge is 0.222 e. The number of hydrogen-bond acceptors (Lipinski definition) is 13. The molecule has 1 aromatic heterocycles. The number of aryl methyl sites for hydroxylation is 1. The van der Waals surface area contributed by atoms with Gasteiger partial charge < -0.3 is 45.3 Å². The molecule has 8 N–H and O–H groups in total. The van der Waals surface area contributed by atoms with Crippen molar-refractivity contribution in [2.75, 3.05) is 39.9 Å². The number of fused-ring (bicyclic) bond motifs is 3. The third kappa shape index (κ3) is 7.22. The summed E-state index contributed by atoms with van der Waals surface area (Å²) in [5.74, 6) is 1.10. The van der Waals surface area contributed by atoms with E-state index in [4.69, 9.17) is 24.0 Å². The summed E-state index contributed by atoms with van der Waals surface area (Å²) < 4.78 is 13.4. The van der Waals surface area contributed by atoms with Gasteiger partial charge in [0.25, 0.3) is 0 Å². The van der Waals surface area contributed by atoms with Crippen LogP contribution >= 0.6 is 0 Å². The number of amides is 1. The highest BCUT2D eigenvalue weighted by Gasteiger charge is 2.49. The van der Waals surface area contributed by atoms with Crippen LogP contribution in [0.5, 0.6) is 5.75 Å². The average molecular weight is 686 g/mol. The molecule has 4 aliphatic rings. The molecule has 4 aliphatic heterocycles. The lowest BCUT2D eigenvalue weighted by atomic mass is 9.79. The number of aliphatic hydroxyl groups excluding tert-OH is 5. The van der Waals surface area contributed by atoms with Crippen LogP contribution in [0, 0.1) is 12.8 Å². The van der Waals surface area contributed by atoms with Gasteiger partial charge in [0, 0.05) is 43.6 Å². The lowest BCUT2D eigenvalue weighted by Crippen LogP contribution is -3.01. The fraction of sp³-hybridized carbons (Fsp3) is 0.559. The number of hydrogen-bond donors (Lipinski definition) is 8. The Morgan fingerprint density at radius 2 is 1.94 bits per heavy atom. The summed E-state index contributed by atoms with van der Waals surface area (Å²) in [5, 5.41) is 56.2. The van der Waals surface area contributed by atoms with Gasteiger partial charge >= 0.3 is 0 Å². The molecule has 0 radical (unpaired) electrons. The zero-order chi connectivity index (χ0) is 34.9. The number of carbonyl (C=O) groups excluding carboxylic acids is 1. The van der Waals surface area contributed by atoms with Crippen LogP contribution in [0.1, 0.15) is 37.0 Å². The SMILES string of the molecule is CNCC[C@]1(CC[C@H]2CNC(=O)C2)Oc2c(cc3c(=O)cc(C)oc3c2[NH+]2C=C3C=CN=C3C2)C[C@H]1OOC[C@H](O)[C@@H](O)[C@H](O)[C@H](O)CO. The highest BCUT2D eigenvalue weighted by molar-refractivity contribution is 6.07. The molecule has 8 atom stereocenters. The maximum Gasteiger partial charge on any atom is 0.222 e. The molecule has 15 heteroatoms. The minimum Gasteiger partial charge on any atom is -0.478 e. The summed E-state index contributed by atoms with van der Waals surface area (Å²) in [5.41, 5.74) is 2.46. The van der Waals surface area contributed by atoms with E-state index in [1.165, 1.54) is 6.07 Å². The van der Waals surface area contributed by atoms with Gasteiger partial charge in [-0.2, -0.15) is 0 Å². The molecule has 15 nitrogen and oxygen atoms in total. The highest BCUT2D eigenvalue weighted by atomic mass is 17.2. The van der Waals surface area contributed by atoms with Crippen molar-refractivity contribution in [1.82, 2.24) is 10.6 Å². The molecule has 266 valence electrons. The zero-order valence-corrected chi connectivity index (χ0v) is 27.6. The molecule has 0 spiro atoms. The first kappa shape index (κ1) is 35.3. The van der Waals surface area contributed by atoms with Gasteiger partial charge in [-0.15, -0.1) is 0 Å². The van der Waals surface area contributed by atoms with Crippen molar-refractivity contribution in [3.8, 4) is 5.75 Å². The topological polar surface area (TPSA) is 217 Å². The molecule has 6 rings (SSSR count). The van der Waals surface area contributed by atoms with Crippen LogP contribution in [-0.2, 0) is 21.0 Å². The summed E-state index contributed by atoms with van der Waals surface area (Å²) in [4.78, 5) is 42.3. The van der Waals surface area contributed by atoms with Crippen LogP contribution in [0.4, 0.5) is 5.69 Å². The number of nitrogens with zero attached hydrogens (tertiary/aromatic N) is 1. The number of benzene rings is 1. The summed E-state index contributed by atoms with van der Waals surface area (Å²) in [7, 11) is 1.82. The van der Waals surface area contributed by atoms with Crippen LogP contribution in [0.3, 0.4) is 0 Å². The molecular formula is C34H45N4O11+. The van der Waals surface area contributed by atoms with Gasteiger partial charge in [0.2, 0.25) is 17.2 Å². The second-order valence-corrected chi connectivity index (χ2v) is 13.3. The van der Waals surface area contributed by atoms with Crippen LogP contribution in [0.25, 0.3) is 11.0 Å². The van der Waals surface area contributed by atoms with Gasteiger partial charge in [-0.05, 0) is 51.4 Å². The first-order valence-corrected chi connectivity index (χ1v) is 16.7. The van der Waals surface area contributed by atoms with E-state index in [0.717, 1.165) is 16.2 Å². The first-order chi connectivity index (χ1) is 23.5. The predicted molar refractivity (Wildman–Crippen MR) is 175 cm³/mol. The molecule has 0 bridgehead atoms. The summed E-state index contributed by atoms with van der Waals surface area (Å²) in [6.07, 6.45) is 0.163. The van der Waals surface area contributed by atoms with E-state index >= 15 is 0 Å². The van der Waals surface area contributed by atoms with Gasteiger partial charge in [-0.25, -0.2) is 9.78 Å². The molecule has 1 fully saturated rings. The Bertz CT molecular complexity index is 1710. The Kier molecular flexibility index (Phi) is 10.6. The fourth-order valence-corrected chi connectivity index (χ4v) is 7.07. The molecule has 5 heterocycles. The molecule has 2 aromatic rings. The summed E-state index contributed by atoms with van der Waals surface area (Å²) in [6.45, 7) is 1.95. The quantitative estimate of drug-likeness (QED) is 0.0789. The van der Waals surface area contributed by atoms with E-state index in [2.05, 4.69) is 15.6 Å². The molecular weight excluding hydrogens is 640 g/mol. The van der Waals surface area contributed by atoms with Crippen LogP contribution in [-0.4, -0.2) is 113 Å². The van der Waals surface area contributed by atoms with E-state index < -0.39 is 49.3 Å². The Morgan fingerprint density at radius 3 is 2.65 bits per heavy atom. The van der Waals surface area contributed by atoms with Crippen LogP contribution in [0.15, 0.2) is 50.4 Å². The minimum atomic E-state index is -1.83. The number of aliphatic hydroxyl groups is 5. The average Bonchev–Trinajstić information content (AvgIpc) is 3.81. The third-order valence-electron chi connectivity index (χ3n) is 9.88. The number of aliphatic imine (C=N–C) groups is 1. The van der Waals surface area contributed by atoms with Gasteiger partial charge in [-0.3, -0.25) is 19.5 Å². The minimum absolute atomic E-state index is 0.00583. The van der Waals surface area contributed by atoms with E-state index in [1.54, 1.807) is 19.2 Å². The van der Waals surface area contributed by atoms with Crippen molar-refractivity contribution in [2.24, 2.45) is 10.9 Å². The third-order valence-corrected chi connectivity index (χ3v) is 9.88. The summed E-state index contributed by atoms with van der Waals surface area (Å²) in [6, 6.07) is 3.20. The molecule has 0 aliphatic carbocycles. The van der Waals surface area contributed by atoms with E-state index in [-0.39, 0.29) is 23.7 Å². The molecule has 1 aromatic carbocycles. The molecule has 0 saturated carbocycles. The van der Waals surface area contributed by atoms with Gasteiger partial charge in [0.05, 0.1) is 17.6 Å². The molecule has 1 unspecified atom stereocenters. The predicted octanol–water partition coefficient (Wildman–Crippen LogP) is -1.56. The monoisotopic (exact) mass is 685 g/mol. The Balaban J connectivity index is 1.38. The van der Waals surface area contributed by atoms with Crippen molar-refractivity contribution < 1.29 is 54.2 Å². The maximum absolute atomic E-state index is 13.3. The van der Waals surface area contributed by atoms with E-state index in [9.17, 15) is 30.0 Å². The van der Waals surface area contributed by atoms with Gasteiger partial charge in [0.15, 0.2) is 11.2 Å². The standard InChI is InChI=1S/C34H44N4O11/c1-18-9-24(40)22-11-21-12-27(49-46-17-26(42)31(45)30(44)25(41)16-39)34(6-8-35-2,5-3-19-10-28(43)37-13-19)48-32(21)29(33(22)47-18)38-14-20-4-7-36-23(20)15-38/h4,7,9,11,14,19,25-27,30-31,35,39,41-42,44-45H,3,5-6,8,10,12-13,15-17H2,1-2H3,(H,37,43)/p+1/t19-,25-,26+,27-,30-,31-,34+/m1/s1. The van der Waals surface area contributed by atoms with Crippen molar-refractivity contribution in [3.63, 3.8) is 0 Å². The lowest BCUT2D eigenvalue weighted by Gasteiger charge is -2.44. The maximum atomic E-state index is 13.3. The first-order valence-electron chi connectivity index (χ1n) is 16.7. The molecule has 1 amide bonds. The number of allylic oxidation sites excluding steroid dienone is 1. The zero-order valence-electron chi connectivity index (χ0n) is 27.6. The Hall–Kier alpha value is -3.51. The number of nitrogens with one attached hydrogen (secondary N) is 3. The second-order valence-electron chi connectivity index (χ2n) is 13.3. The van der Waals surface area contributed by atoms with Crippen molar-refractivity contribution in [1.29, 1.82) is 0 Å². The van der Waals surface area contributed by atoms with Crippen LogP contribution in [0.2, 0.25) is 0 Å². The van der Waals surface area contributed by atoms with Gasteiger partial charge in [-0.1, -0.05) is 0 Å². The van der Waals surface area contributed by atoms with Crippen molar-refractivity contribution in [3.05, 3.63) is 57.7 Å². The van der Waals surface area contributed by atoms with Gasteiger partial charge in [0.1, 0.15) is 66.9 Å².